The summed E-state index contributed by atoms with van der Waals surface area (Å²) in [6, 6.07) is 7.98. The van der Waals surface area contributed by atoms with E-state index < -0.39 is 0 Å². The van der Waals surface area contributed by atoms with Gasteiger partial charge in [-0.3, -0.25) is 0 Å². The normalized spacial score (nSPS) is 10.5. The van der Waals surface area contributed by atoms with Gasteiger partial charge in [0.1, 0.15) is 11.6 Å². The molecular formula is C13H17N3O. The number of pyridine rings is 1. The third-order valence-corrected chi connectivity index (χ3v) is 2.64. The van der Waals surface area contributed by atoms with Crippen molar-refractivity contribution in [1.82, 2.24) is 10.3 Å². The van der Waals surface area contributed by atoms with E-state index in [-0.39, 0.29) is 0 Å². The Labute approximate surface area is 101 Å². The second-order valence-electron chi connectivity index (χ2n) is 3.78. The highest BCUT2D eigenvalue weighted by Gasteiger charge is 2.02. The van der Waals surface area contributed by atoms with Gasteiger partial charge in [-0.15, -0.1) is 0 Å². The van der Waals surface area contributed by atoms with E-state index in [0.29, 0.717) is 0 Å². The molecule has 1 aromatic carbocycles. The van der Waals surface area contributed by atoms with Gasteiger partial charge in [-0.2, -0.15) is 0 Å². The number of fused-ring (bicyclic) bond motifs is 1. The number of hydrogen-bond acceptors (Lipinski definition) is 4. The molecule has 0 unspecified atom stereocenters. The maximum Gasteiger partial charge on any atom is 0.133 e. The largest absolute Gasteiger partial charge is 0.497 e. The molecule has 1 aromatic heterocycles. The van der Waals surface area contributed by atoms with E-state index >= 15 is 0 Å². The zero-order valence-electron chi connectivity index (χ0n) is 10.2. The molecule has 0 saturated carbocycles. The minimum absolute atomic E-state index is 0.856. The van der Waals surface area contributed by atoms with Crippen molar-refractivity contribution < 1.29 is 4.74 Å². The first kappa shape index (κ1) is 11.7. The minimum atomic E-state index is 0.856. The number of hydrogen-bond donors (Lipinski definition) is 2. The van der Waals surface area contributed by atoms with Crippen LogP contribution in [0.2, 0.25) is 0 Å². The maximum absolute atomic E-state index is 5.21. The van der Waals surface area contributed by atoms with E-state index in [0.717, 1.165) is 35.4 Å². The molecular weight excluding hydrogens is 214 g/mol. The number of likely N-dealkylation sites (N-methyl/N-ethyl adjacent to an activating group) is 1. The predicted octanol–water partition coefficient (Wildman–Crippen LogP) is 1.87. The smallest absolute Gasteiger partial charge is 0.133 e. The number of nitrogens with zero attached hydrogens (tertiary/aromatic N) is 1. The van der Waals surface area contributed by atoms with Crippen molar-refractivity contribution in [1.29, 1.82) is 0 Å². The summed E-state index contributed by atoms with van der Waals surface area (Å²) >= 11 is 0. The van der Waals surface area contributed by atoms with Crippen LogP contribution in [0.5, 0.6) is 5.75 Å². The summed E-state index contributed by atoms with van der Waals surface area (Å²) < 4.78 is 5.21. The Morgan fingerprint density at radius 2 is 2.12 bits per heavy atom. The molecule has 0 atom stereocenters. The highest BCUT2D eigenvalue weighted by Crippen LogP contribution is 2.24. The van der Waals surface area contributed by atoms with Crippen molar-refractivity contribution in [2.45, 2.75) is 0 Å². The first-order valence-electron chi connectivity index (χ1n) is 5.66. The van der Waals surface area contributed by atoms with Gasteiger partial charge in [0.25, 0.3) is 0 Å². The molecule has 0 radical (unpaired) electrons. The van der Waals surface area contributed by atoms with Crippen LogP contribution in [-0.4, -0.2) is 32.2 Å². The molecule has 2 rings (SSSR count). The van der Waals surface area contributed by atoms with Gasteiger partial charge in [-0.1, -0.05) is 0 Å². The molecule has 0 amide bonds. The number of rotatable bonds is 5. The molecule has 0 spiro atoms. The second kappa shape index (κ2) is 5.50. The summed E-state index contributed by atoms with van der Waals surface area (Å²) in [6.07, 6.45) is 1.81. The summed E-state index contributed by atoms with van der Waals surface area (Å²) in [5, 5.41) is 8.65. The van der Waals surface area contributed by atoms with Crippen molar-refractivity contribution in [2.75, 3.05) is 32.6 Å². The zero-order chi connectivity index (χ0) is 12.1. The zero-order valence-corrected chi connectivity index (χ0v) is 10.2. The van der Waals surface area contributed by atoms with Crippen LogP contribution in [0, 0.1) is 0 Å². The molecule has 0 fully saturated rings. The van der Waals surface area contributed by atoms with Crippen molar-refractivity contribution in [3.8, 4) is 5.75 Å². The molecule has 90 valence electrons. The van der Waals surface area contributed by atoms with Crippen LogP contribution < -0.4 is 15.4 Å². The lowest BCUT2D eigenvalue weighted by Crippen LogP contribution is -2.18. The number of aromatic nitrogens is 1. The van der Waals surface area contributed by atoms with Gasteiger partial charge in [0, 0.05) is 24.7 Å². The van der Waals surface area contributed by atoms with Crippen LogP contribution in [0.1, 0.15) is 0 Å². The van der Waals surface area contributed by atoms with Crippen LogP contribution in [0.15, 0.2) is 30.5 Å². The topological polar surface area (TPSA) is 46.2 Å². The first-order chi connectivity index (χ1) is 8.35. The van der Waals surface area contributed by atoms with E-state index in [1.165, 1.54) is 0 Å². The number of benzene rings is 1. The summed E-state index contributed by atoms with van der Waals surface area (Å²) in [7, 11) is 3.61. The summed E-state index contributed by atoms with van der Waals surface area (Å²) in [4.78, 5) is 4.35. The van der Waals surface area contributed by atoms with Gasteiger partial charge in [-0.05, 0) is 36.7 Å². The Balaban J connectivity index is 2.30. The minimum Gasteiger partial charge on any atom is -0.497 e. The highest BCUT2D eigenvalue weighted by atomic mass is 16.5. The SMILES string of the molecule is CNCCNc1nccc2cc(OC)ccc12. The molecule has 0 aliphatic carbocycles. The van der Waals surface area contributed by atoms with Crippen molar-refractivity contribution in [3.63, 3.8) is 0 Å². The van der Waals surface area contributed by atoms with Gasteiger partial charge in [0.05, 0.1) is 7.11 Å². The van der Waals surface area contributed by atoms with Gasteiger partial charge < -0.3 is 15.4 Å². The Bertz CT molecular complexity index is 499. The average Bonchev–Trinajstić information content (AvgIpc) is 2.38. The Morgan fingerprint density at radius 3 is 2.88 bits per heavy atom. The van der Waals surface area contributed by atoms with Crippen LogP contribution in [0.4, 0.5) is 5.82 Å². The van der Waals surface area contributed by atoms with Gasteiger partial charge >= 0.3 is 0 Å². The number of anilines is 1. The van der Waals surface area contributed by atoms with Crippen LogP contribution in [-0.2, 0) is 0 Å². The van der Waals surface area contributed by atoms with Gasteiger partial charge in [0.15, 0.2) is 0 Å². The van der Waals surface area contributed by atoms with Crippen LogP contribution in [0.25, 0.3) is 10.8 Å². The summed E-state index contributed by atoms with van der Waals surface area (Å²) in [6.45, 7) is 1.77. The Kier molecular flexibility index (Phi) is 3.77. The second-order valence-corrected chi connectivity index (χ2v) is 3.78. The molecule has 0 bridgehead atoms. The van der Waals surface area contributed by atoms with Crippen molar-refractivity contribution >= 4 is 16.6 Å². The van der Waals surface area contributed by atoms with Gasteiger partial charge in [-0.25, -0.2) is 4.98 Å². The lowest BCUT2D eigenvalue weighted by Gasteiger charge is -2.09. The molecule has 4 heteroatoms. The maximum atomic E-state index is 5.21. The standard InChI is InChI=1S/C13H17N3O/c1-14-7-8-16-13-12-4-3-11(17-2)9-10(12)5-6-15-13/h3-6,9,14H,7-8H2,1-2H3,(H,15,16). The first-order valence-corrected chi connectivity index (χ1v) is 5.66. The quantitative estimate of drug-likeness (QED) is 0.771. The molecule has 0 saturated heterocycles. The monoisotopic (exact) mass is 231 g/mol. The Morgan fingerprint density at radius 1 is 1.24 bits per heavy atom. The van der Waals surface area contributed by atoms with E-state index in [4.69, 9.17) is 4.74 Å². The molecule has 0 aliphatic heterocycles. The lowest BCUT2D eigenvalue weighted by molar-refractivity contribution is 0.415. The van der Waals surface area contributed by atoms with Crippen LogP contribution in [0.3, 0.4) is 0 Å². The van der Waals surface area contributed by atoms with E-state index in [2.05, 4.69) is 15.6 Å². The number of nitrogens with one attached hydrogen (secondary N) is 2. The van der Waals surface area contributed by atoms with Gasteiger partial charge in [0.2, 0.25) is 0 Å². The van der Waals surface area contributed by atoms with Crippen molar-refractivity contribution in [3.05, 3.63) is 30.5 Å². The number of methoxy groups -OCH3 is 1. The fourth-order valence-electron chi connectivity index (χ4n) is 1.73. The lowest BCUT2D eigenvalue weighted by atomic mass is 10.1. The summed E-state index contributed by atoms with van der Waals surface area (Å²) in [5.74, 6) is 1.78. The summed E-state index contributed by atoms with van der Waals surface area (Å²) in [5.41, 5.74) is 0. The highest BCUT2D eigenvalue weighted by molar-refractivity contribution is 5.92. The number of ether oxygens (including phenoxy) is 1. The average molecular weight is 231 g/mol. The van der Waals surface area contributed by atoms with Crippen LogP contribution >= 0.6 is 0 Å². The third-order valence-electron chi connectivity index (χ3n) is 2.64. The van der Waals surface area contributed by atoms with E-state index in [9.17, 15) is 0 Å². The molecule has 1 heterocycles. The van der Waals surface area contributed by atoms with E-state index in [1.54, 1.807) is 7.11 Å². The Hall–Kier alpha value is -1.81. The van der Waals surface area contributed by atoms with E-state index in [1.807, 2.05) is 37.5 Å². The molecule has 4 nitrogen and oxygen atoms in total. The molecule has 0 aliphatic rings. The molecule has 17 heavy (non-hydrogen) atoms. The third kappa shape index (κ3) is 2.65. The fraction of sp³-hybridized carbons (Fsp3) is 0.308. The molecule has 2 N–H and O–H groups in total. The predicted molar refractivity (Wildman–Crippen MR) is 70.7 cm³/mol. The van der Waals surface area contributed by atoms with Crippen molar-refractivity contribution in [2.24, 2.45) is 0 Å². The fourth-order valence-corrected chi connectivity index (χ4v) is 1.73. The molecule has 2 aromatic rings.